The zero-order valence-corrected chi connectivity index (χ0v) is 28.5. The number of hydrogen-bond donors (Lipinski definition) is 1. The molecule has 0 atom stereocenters. The van der Waals surface area contributed by atoms with Crippen LogP contribution in [0.3, 0.4) is 0 Å². The molecule has 0 amide bonds. The molecule has 0 radical (unpaired) electrons. The van der Waals surface area contributed by atoms with E-state index in [0.717, 1.165) is 28.5 Å². The number of halogens is 2. The summed E-state index contributed by atoms with van der Waals surface area (Å²) < 4.78 is 96.1. The Morgan fingerprint density at radius 2 is 1.30 bits per heavy atom. The number of ether oxygens (including phenoxy) is 2. The second-order valence-corrected chi connectivity index (χ2v) is 16.0. The number of methoxy groups -OCH3 is 1. The summed E-state index contributed by atoms with van der Waals surface area (Å²) in [5.74, 6) is 1.29. The van der Waals surface area contributed by atoms with E-state index in [1.54, 1.807) is 18.2 Å². The van der Waals surface area contributed by atoms with Gasteiger partial charge in [0.2, 0.25) is 9.84 Å². The van der Waals surface area contributed by atoms with E-state index in [0.29, 0.717) is 22.8 Å². The van der Waals surface area contributed by atoms with Gasteiger partial charge in [0, 0.05) is 28.9 Å². The van der Waals surface area contributed by atoms with Gasteiger partial charge in [-0.05, 0) is 90.7 Å². The van der Waals surface area contributed by atoms with Crippen molar-refractivity contribution < 1.29 is 39.6 Å². The Labute approximate surface area is 273 Å². The number of alkyl halides is 2. The minimum atomic E-state index is -5.51. The molecule has 0 unspecified atom stereocenters. The quantitative estimate of drug-likeness (QED) is 0.110. The maximum absolute atomic E-state index is 13.8. The van der Waals surface area contributed by atoms with Crippen LogP contribution in [-0.2, 0) is 31.1 Å². The van der Waals surface area contributed by atoms with Gasteiger partial charge in [-0.15, -0.1) is 0 Å². The maximum Gasteiger partial charge on any atom is 0.370 e. The fraction of sp³-hybridized carbons (Fsp3) is 0.294. The molecule has 0 saturated heterocycles. The lowest BCUT2D eigenvalue weighted by atomic mass is 9.77. The van der Waals surface area contributed by atoms with E-state index < -0.39 is 37.0 Å². The summed E-state index contributed by atoms with van der Waals surface area (Å²) in [4.78, 5) is 0.189. The van der Waals surface area contributed by atoms with Crippen molar-refractivity contribution in [3.05, 3.63) is 113 Å². The Kier molecular flexibility index (Phi) is 10.6. The van der Waals surface area contributed by atoms with Crippen LogP contribution in [0.4, 0.5) is 8.78 Å². The molecule has 4 aromatic carbocycles. The Bertz CT molecular complexity index is 1910. The molecule has 0 fully saturated rings. The van der Waals surface area contributed by atoms with Crippen molar-refractivity contribution in [3.63, 3.8) is 0 Å². The Balaban J connectivity index is 1.62. The molecule has 0 aromatic heterocycles. The van der Waals surface area contributed by atoms with Crippen molar-refractivity contribution in [1.29, 1.82) is 0 Å². The lowest BCUT2D eigenvalue weighted by molar-refractivity contribution is 0.0781. The highest BCUT2D eigenvalue weighted by Crippen LogP contribution is 2.38. The highest BCUT2D eigenvalue weighted by atomic mass is 32.2. The number of sulfone groups is 1. The Hall–Kier alpha value is -3.45. The molecule has 46 heavy (non-hydrogen) atoms. The predicted octanol–water partition coefficient (Wildman–Crippen LogP) is 8.37. The van der Waals surface area contributed by atoms with E-state index in [1.807, 2.05) is 26.0 Å². The normalized spacial score (nSPS) is 12.6. The van der Waals surface area contributed by atoms with Crippen LogP contribution in [0.5, 0.6) is 17.2 Å². The lowest BCUT2D eigenvalue weighted by Gasteiger charge is -2.28. The first-order valence-electron chi connectivity index (χ1n) is 14.3. The van der Waals surface area contributed by atoms with E-state index in [1.165, 1.54) is 49.1 Å². The zero-order valence-electron chi connectivity index (χ0n) is 26.1. The summed E-state index contributed by atoms with van der Waals surface area (Å²) >= 11 is 1.08. The van der Waals surface area contributed by atoms with Crippen LogP contribution in [0, 0.1) is 13.8 Å². The SMILES string of the molecule is COc1ccc(S(=O)(=O)c2ccc(Oc3ccc(C(C)(C)c4ccc(C)c(C)c4)cc3CSCCC(F)(F)S(=O)(=O)O)cc2)cc1. The van der Waals surface area contributed by atoms with Crippen LogP contribution < -0.4 is 9.47 Å². The van der Waals surface area contributed by atoms with E-state index in [-0.39, 0.29) is 21.3 Å². The first kappa shape index (κ1) is 35.4. The smallest absolute Gasteiger partial charge is 0.370 e. The van der Waals surface area contributed by atoms with Crippen molar-refractivity contribution in [2.75, 3.05) is 12.9 Å². The molecule has 0 aliphatic heterocycles. The standard InChI is InChI=1S/C34H36F2O7S3/c1-23-6-7-26(20-24(23)2)33(3,4)27-8-17-32(25(21-27)22-44-19-18-34(35,36)46(39,40)41)43-29-11-15-31(16-12-29)45(37,38)30-13-9-28(42-5)10-14-30/h6-17,20-21H,18-19,22H2,1-5H3,(H,39,40,41). The fourth-order valence-electron chi connectivity index (χ4n) is 4.68. The van der Waals surface area contributed by atoms with Crippen LogP contribution in [0.15, 0.2) is 94.7 Å². The van der Waals surface area contributed by atoms with Gasteiger partial charge in [-0.25, -0.2) is 8.42 Å². The zero-order chi connectivity index (χ0) is 33.9. The second kappa shape index (κ2) is 13.7. The maximum atomic E-state index is 13.8. The van der Waals surface area contributed by atoms with Gasteiger partial charge in [0.15, 0.2) is 0 Å². The van der Waals surface area contributed by atoms with Crippen LogP contribution in [-0.4, -0.2) is 39.5 Å². The third-order valence-electron chi connectivity index (χ3n) is 7.91. The lowest BCUT2D eigenvalue weighted by Crippen LogP contribution is -2.28. The summed E-state index contributed by atoms with van der Waals surface area (Å²) in [5, 5.41) is -4.25. The van der Waals surface area contributed by atoms with E-state index >= 15 is 0 Å². The molecule has 0 saturated carbocycles. The number of aryl methyl sites for hydroxylation is 2. The van der Waals surface area contributed by atoms with Crippen molar-refractivity contribution in [2.24, 2.45) is 0 Å². The van der Waals surface area contributed by atoms with E-state index in [9.17, 15) is 25.6 Å². The molecule has 0 aliphatic carbocycles. The molecule has 0 aliphatic rings. The van der Waals surface area contributed by atoms with Gasteiger partial charge in [0.25, 0.3) is 0 Å². The number of rotatable bonds is 13. The highest BCUT2D eigenvalue weighted by Gasteiger charge is 2.43. The second-order valence-electron chi connectivity index (χ2n) is 11.4. The molecule has 1 N–H and O–H groups in total. The monoisotopic (exact) mass is 690 g/mol. The van der Waals surface area contributed by atoms with Gasteiger partial charge in [-0.1, -0.05) is 44.2 Å². The predicted molar refractivity (Wildman–Crippen MR) is 177 cm³/mol. The van der Waals surface area contributed by atoms with Crippen LogP contribution >= 0.6 is 11.8 Å². The number of benzene rings is 4. The van der Waals surface area contributed by atoms with Crippen molar-refractivity contribution in [1.82, 2.24) is 0 Å². The fourth-order valence-corrected chi connectivity index (χ4v) is 7.42. The van der Waals surface area contributed by atoms with Crippen molar-refractivity contribution in [2.45, 2.75) is 60.3 Å². The summed E-state index contributed by atoms with van der Waals surface area (Å²) in [6.07, 6.45) is -1.05. The minimum absolute atomic E-state index is 0.0750. The largest absolute Gasteiger partial charge is 0.497 e. The third-order valence-corrected chi connectivity index (χ3v) is 11.7. The molecule has 4 rings (SSSR count). The number of hydrogen-bond acceptors (Lipinski definition) is 7. The van der Waals surface area contributed by atoms with Crippen molar-refractivity contribution in [3.8, 4) is 17.2 Å². The first-order chi connectivity index (χ1) is 21.5. The Morgan fingerprint density at radius 1 is 0.761 bits per heavy atom. The molecular formula is C34H36F2O7S3. The van der Waals surface area contributed by atoms with Gasteiger partial charge in [-0.2, -0.15) is 29.0 Å². The topological polar surface area (TPSA) is 107 Å². The van der Waals surface area contributed by atoms with Gasteiger partial charge in [0.1, 0.15) is 17.2 Å². The molecule has 4 aromatic rings. The summed E-state index contributed by atoms with van der Waals surface area (Å²) in [6.45, 7) is 8.25. The number of thioether (sulfide) groups is 1. The average Bonchev–Trinajstić information content (AvgIpc) is 3.01. The van der Waals surface area contributed by atoms with Crippen molar-refractivity contribution >= 4 is 31.7 Å². The first-order valence-corrected chi connectivity index (χ1v) is 18.3. The van der Waals surface area contributed by atoms with Gasteiger partial charge in [-0.3, -0.25) is 4.55 Å². The van der Waals surface area contributed by atoms with Gasteiger partial charge >= 0.3 is 15.4 Å². The average molecular weight is 691 g/mol. The molecule has 7 nitrogen and oxygen atoms in total. The molecule has 246 valence electrons. The molecular weight excluding hydrogens is 655 g/mol. The summed E-state index contributed by atoms with van der Waals surface area (Å²) in [7, 11) is -7.81. The summed E-state index contributed by atoms with van der Waals surface area (Å²) in [6, 6.07) is 23.9. The van der Waals surface area contributed by atoms with E-state index in [4.69, 9.17) is 14.0 Å². The van der Waals surface area contributed by atoms with Gasteiger partial charge in [0.05, 0.1) is 16.9 Å². The van der Waals surface area contributed by atoms with Gasteiger partial charge < -0.3 is 9.47 Å². The highest BCUT2D eigenvalue weighted by molar-refractivity contribution is 7.98. The van der Waals surface area contributed by atoms with Crippen LogP contribution in [0.2, 0.25) is 0 Å². The van der Waals surface area contributed by atoms with Crippen LogP contribution in [0.25, 0.3) is 0 Å². The third kappa shape index (κ3) is 7.91. The molecule has 12 heteroatoms. The molecule has 0 heterocycles. The van der Waals surface area contributed by atoms with Crippen LogP contribution in [0.1, 0.15) is 48.1 Å². The summed E-state index contributed by atoms with van der Waals surface area (Å²) in [5.41, 5.74) is 4.60. The molecule has 0 spiro atoms. The molecule has 0 bridgehead atoms. The van der Waals surface area contributed by atoms with E-state index in [2.05, 4.69) is 32.0 Å². The minimum Gasteiger partial charge on any atom is -0.497 e. The Morgan fingerprint density at radius 3 is 1.85 bits per heavy atom.